The molecule has 2 N–H and O–H groups in total. The summed E-state index contributed by atoms with van der Waals surface area (Å²) in [5.41, 5.74) is -0.288. The summed E-state index contributed by atoms with van der Waals surface area (Å²) in [5.74, 6) is -0.937. The lowest BCUT2D eigenvalue weighted by atomic mass is 9.49. The molecule has 1 saturated carbocycles. The Morgan fingerprint density at radius 3 is 2.58 bits per heavy atom. The maximum atomic E-state index is 13.3. The number of Topliss-reactive ketones (excluding diaryl/α,β-unsaturated/α-hetero) is 1. The van der Waals surface area contributed by atoms with Crippen LogP contribution in [0, 0.1) is 16.7 Å². The molecule has 38 heavy (non-hydrogen) atoms. The average Bonchev–Trinajstić information content (AvgIpc) is 3.65. The number of ether oxygens (including phenoxy) is 4. The Balaban J connectivity index is 1.51. The van der Waals surface area contributed by atoms with Gasteiger partial charge in [0, 0.05) is 36.4 Å². The second-order valence-corrected chi connectivity index (χ2v) is 12.3. The van der Waals surface area contributed by atoms with Gasteiger partial charge in [0.2, 0.25) is 0 Å². The Hall–Kier alpha value is -1.84. The molecule has 3 fully saturated rings. The van der Waals surface area contributed by atoms with Gasteiger partial charge in [-0.2, -0.15) is 0 Å². The summed E-state index contributed by atoms with van der Waals surface area (Å²) in [6.45, 7) is 8.58. The van der Waals surface area contributed by atoms with E-state index in [1.807, 2.05) is 6.92 Å². The third-order valence-corrected chi connectivity index (χ3v) is 10.2. The van der Waals surface area contributed by atoms with Gasteiger partial charge < -0.3 is 29.2 Å². The zero-order chi connectivity index (χ0) is 27.3. The van der Waals surface area contributed by atoms with Crippen LogP contribution in [0.3, 0.4) is 0 Å². The first-order valence-electron chi connectivity index (χ1n) is 14.1. The van der Waals surface area contributed by atoms with Crippen molar-refractivity contribution in [2.75, 3.05) is 13.2 Å². The summed E-state index contributed by atoms with van der Waals surface area (Å²) in [6, 6.07) is 0. The van der Waals surface area contributed by atoms with E-state index >= 15 is 0 Å². The van der Waals surface area contributed by atoms with Gasteiger partial charge in [0.1, 0.15) is 23.9 Å². The van der Waals surface area contributed by atoms with Gasteiger partial charge in [-0.3, -0.25) is 4.79 Å². The Kier molecular flexibility index (Phi) is 7.50. The highest BCUT2D eigenvalue weighted by Crippen LogP contribution is 2.73. The number of rotatable bonds is 1. The Bertz CT molecular complexity index is 1030. The van der Waals surface area contributed by atoms with Gasteiger partial charge >= 0.3 is 5.97 Å². The number of carbonyl (C=O) groups is 2. The lowest BCUT2D eigenvalue weighted by molar-refractivity contribution is -0.219. The highest BCUT2D eigenvalue weighted by Gasteiger charge is 2.82. The molecule has 5 rings (SSSR count). The highest BCUT2D eigenvalue weighted by molar-refractivity contribution is 5.83. The van der Waals surface area contributed by atoms with E-state index < -0.39 is 46.8 Å². The molecule has 0 aromatic heterocycles. The maximum absolute atomic E-state index is 13.3. The fraction of sp³-hybridized carbons (Fsp3) is 0.733. The van der Waals surface area contributed by atoms with Crippen molar-refractivity contribution < 1.29 is 38.7 Å². The maximum Gasteiger partial charge on any atom is 0.331 e. The molecular weight excluding hydrogens is 488 g/mol. The van der Waals surface area contributed by atoms with Gasteiger partial charge in [0.15, 0.2) is 5.78 Å². The molecule has 8 nitrogen and oxygen atoms in total. The van der Waals surface area contributed by atoms with E-state index in [2.05, 4.69) is 19.9 Å². The first kappa shape index (κ1) is 27.7. The molecule has 5 aliphatic rings. The molecule has 2 bridgehead atoms. The summed E-state index contributed by atoms with van der Waals surface area (Å²) in [4.78, 5) is 26.3. The van der Waals surface area contributed by atoms with Gasteiger partial charge in [-0.15, -0.1) is 0 Å². The molecule has 4 unspecified atom stereocenters. The first-order chi connectivity index (χ1) is 18.0. The molecule has 0 amide bonds. The molecule has 8 heteroatoms. The number of hydrogen-bond donors (Lipinski definition) is 2. The van der Waals surface area contributed by atoms with Gasteiger partial charge in [0.05, 0.1) is 24.9 Å². The molecule has 2 spiro atoms. The van der Waals surface area contributed by atoms with Crippen LogP contribution in [0.4, 0.5) is 0 Å². The fourth-order valence-corrected chi connectivity index (χ4v) is 7.56. The van der Waals surface area contributed by atoms with E-state index in [-0.39, 0.29) is 36.9 Å². The monoisotopic (exact) mass is 530 g/mol. The summed E-state index contributed by atoms with van der Waals surface area (Å²) in [6.07, 6.45) is 8.67. The van der Waals surface area contributed by atoms with E-state index in [9.17, 15) is 19.8 Å². The highest BCUT2D eigenvalue weighted by atomic mass is 16.6. The normalized spacial score (nSPS) is 48.2. The molecule has 3 heterocycles. The smallest absolute Gasteiger partial charge is 0.331 e. The van der Waals surface area contributed by atoms with Crippen molar-refractivity contribution in [2.45, 2.75) is 108 Å². The summed E-state index contributed by atoms with van der Waals surface area (Å²) < 4.78 is 24.8. The van der Waals surface area contributed by atoms with Crippen LogP contribution in [0.1, 0.15) is 66.2 Å². The molecule has 0 radical (unpaired) electrons. The van der Waals surface area contributed by atoms with E-state index in [1.165, 1.54) is 11.6 Å². The number of aliphatic hydroxyl groups excluding tert-OH is 2. The van der Waals surface area contributed by atoms with Crippen molar-refractivity contribution in [2.24, 2.45) is 16.7 Å². The SMILES string of the molecule is CC1=CC2OC3C[C@H]4OC(=O)/C=C\C=C\C([C@@H](C)O)OCC[C@@H](C)[C@H](O)C(=O)CC[C@@]2(CC1)[C@]4(C)C31CO1. The van der Waals surface area contributed by atoms with Crippen LogP contribution in [0.2, 0.25) is 0 Å². The van der Waals surface area contributed by atoms with Crippen molar-refractivity contribution in [3.63, 3.8) is 0 Å². The topological polar surface area (TPSA) is 115 Å². The van der Waals surface area contributed by atoms with E-state index in [1.54, 1.807) is 25.2 Å². The predicted molar refractivity (Wildman–Crippen MR) is 139 cm³/mol. The molecule has 210 valence electrons. The second-order valence-electron chi connectivity index (χ2n) is 12.3. The first-order valence-corrected chi connectivity index (χ1v) is 14.1. The van der Waals surface area contributed by atoms with Crippen LogP contribution in [0.15, 0.2) is 36.0 Å². The zero-order valence-corrected chi connectivity index (χ0v) is 22.9. The van der Waals surface area contributed by atoms with Crippen molar-refractivity contribution in [3.8, 4) is 0 Å². The summed E-state index contributed by atoms with van der Waals surface area (Å²) in [5, 5.41) is 21.0. The summed E-state index contributed by atoms with van der Waals surface area (Å²) in [7, 11) is 0. The minimum Gasteiger partial charge on any atom is -0.458 e. The number of carbonyl (C=O) groups excluding carboxylic acids is 2. The third kappa shape index (κ3) is 4.42. The van der Waals surface area contributed by atoms with Gasteiger partial charge in [-0.05, 0) is 45.4 Å². The molecule has 10 atom stereocenters. The van der Waals surface area contributed by atoms with Gasteiger partial charge in [-0.25, -0.2) is 4.79 Å². The number of esters is 1. The van der Waals surface area contributed by atoms with Crippen LogP contribution in [0.5, 0.6) is 0 Å². The Morgan fingerprint density at radius 1 is 1.13 bits per heavy atom. The van der Waals surface area contributed by atoms with Crippen LogP contribution in [-0.4, -0.2) is 77.4 Å². The lowest BCUT2D eigenvalue weighted by Crippen LogP contribution is -2.65. The third-order valence-electron chi connectivity index (χ3n) is 10.2. The largest absolute Gasteiger partial charge is 0.458 e. The summed E-state index contributed by atoms with van der Waals surface area (Å²) >= 11 is 0. The molecule has 3 aliphatic heterocycles. The van der Waals surface area contributed by atoms with Gasteiger partial charge in [-0.1, -0.05) is 43.7 Å². The number of aliphatic hydroxyl groups is 2. The van der Waals surface area contributed by atoms with E-state index in [4.69, 9.17) is 18.9 Å². The van der Waals surface area contributed by atoms with Crippen LogP contribution in [-0.2, 0) is 28.5 Å². The van der Waals surface area contributed by atoms with Crippen LogP contribution < -0.4 is 0 Å². The Morgan fingerprint density at radius 2 is 1.87 bits per heavy atom. The minimum absolute atomic E-state index is 0.186. The van der Waals surface area contributed by atoms with Crippen molar-refractivity contribution in [3.05, 3.63) is 36.0 Å². The fourth-order valence-electron chi connectivity index (χ4n) is 7.56. The number of allylic oxidation sites excluding steroid dienone is 3. The molecule has 2 saturated heterocycles. The van der Waals surface area contributed by atoms with Gasteiger partial charge in [0.25, 0.3) is 0 Å². The van der Waals surface area contributed by atoms with Crippen LogP contribution >= 0.6 is 0 Å². The molecule has 0 aromatic carbocycles. The number of ketones is 1. The molecular formula is C30H42O8. The second kappa shape index (κ2) is 10.3. The lowest BCUT2D eigenvalue weighted by Gasteiger charge is -2.59. The van der Waals surface area contributed by atoms with E-state index in [0.717, 1.165) is 12.8 Å². The van der Waals surface area contributed by atoms with Crippen molar-refractivity contribution in [1.82, 2.24) is 0 Å². The predicted octanol–water partition coefficient (Wildman–Crippen LogP) is 3.20. The van der Waals surface area contributed by atoms with Crippen molar-refractivity contribution in [1.29, 1.82) is 0 Å². The quantitative estimate of drug-likeness (QED) is 0.302. The van der Waals surface area contributed by atoms with E-state index in [0.29, 0.717) is 25.9 Å². The Labute approximate surface area is 225 Å². The standard InChI is InChI=1S/C30H42O8/c1-18-9-12-29-13-10-21(32)27(34)19(2)11-14-35-22(20(3)31)7-5-6-8-26(33)38-23-16-25(37-24(29)15-18)30(17-36-30)28(23,29)4/h5-8,15,19-20,22-25,27,31,34H,9-14,16-17H2,1-4H3/b7-5+,8-6-/t19-,20-,22?,23-,24?,25?,27+,28-,29-,30?/m1/s1. The number of epoxide rings is 1. The average molecular weight is 531 g/mol. The molecule has 2 aliphatic carbocycles. The number of hydrogen-bond acceptors (Lipinski definition) is 8. The minimum atomic E-state index is -1.11. The van der Waals surface area contributed by atoms with Crippen LogP contribution in [0.25, 0.3) is 0 Å². The zero-order valence-electron chi connectivity index (χ0n) is 22.9. The molecule has 0 aromatic rings. The van der Waals surface area contributed by atoms with Crippen molar-refractivity contribution >= 4 is 11.8 Å².